The minimum absolute atomic E-state index is 0.684. The number of imidazole rings is 1. The minimum Gasteiger partial charge on any atom is -0.329 e. The van der Waals surface area contributed by atoms with Gasteiger partial charge in [-0.2, -0.15) is 0 Å². The van der Waals surface area contributed by atoms with E-state index in [0.29, 0.717) is 4.77 Å². The average molecular weight is 256 g/mol. The van der Waals surface area contributed by atoms with Gasteiger partial charge in [0.15, 0.2) is 10.4 Å². The molecule has 3 rings (SSSR count). The van der Waals surface area contributed by atoms with Crippen molar-refractivity contribution in [3.8, 4) is 11.1 Å². The van der Waals surface area contributed by atoms with Gasteiger partial charge in [0.05, 0.1) is 5.52 Å². The lowest BCUT2D eigenvalue weighted by atomic mass is 10.1. The van der Waals surface area contributed by atoms with Crippen LogP contribution in [0.15, 0.2) is 30.6 Å². The highest BCUT2D eigenvalue weighted by molar-refractivity contribution is 7.71. The molecule has 3 heterocycles. The molecule has 0 aliphatic rings. The fourth-order valence-electron chi connectivity index (χ4n) is 2.06. The first kappa shape index (κ1) is 11.1. The molecule has 0 aromatic carbocycles. The van der Waals surface area contributed by atoms with E-state index in [1.165, 1.54) is 0 Å². The quantitative estimate of drug-likeness (QED) is 0.681. The van der Waals surface area contributed by atoms with Gasteiger partial charge in [0.1, 0.15) is 0 Å². The molecular weight excluding hydrogens is 244 g/mol. The number of pyridine rings is 2. The van der Waals surface area contributed by atoms with Gasteiger partial charge in [-0.05, 0) is 42.9 Å². The summed E-state index contributed by atoms with van der Waals surface area (Å²) in [6.07, 6.45) is 3.57. The lowest BCUT2D eigenvalue weighted by Crippen LogP contribution is -1.93. The molecule has 0 unspecified atom stereocenters. The number of fused-ring (bicyclic) bond motifs is 1. The Kier molecular flexibility index (Phi) is 2.48. The summed E-state index contributed by atoms with van der Waals surface area (Å²) in [5, 5.41) is 0. The minimum atomic E-state index is 0.684. The lowest BCUT2D eigenvalue weighted by Gasteiger charge is -2.05. The molecule has 0 spiro atoms. The molecule has 4 nitrogen and oxygen atoms in total. The largest absolute Gasteiger partial charge is 0.329 e. The van der Waals surface area contributed by atoms with Crippen molar-refractivity contribution in [2.75, 3.05) is 0 Å². The van der Waals surface area contributed by atoms with Crippen molar-refractivity contribution in [2.24, 2.45) is 7.05 Å². The van der Waals surface area contributed by atoms with Crippen LogP contribution in [-0.2, 0) is 7.05 Å². The number of rotatable bonds is 1. The summed E-state index contributed by atoms with van der Waals surface area (Å²) < 4.78 is 2.57. The van der Waals surface area contributed by atoms with Crippen molar-refractivity contribution < 1.29 is 0 Å². The van der Waals surface area contributed by atoms with Gasteiger partial charge in [-0.3, -0.25) is 4.98 Å². The van der Waals surface area contributed by atoms with E-state index in [9.17, 15) is 0 Å². The molecule has 3 aromatic rings. The van der Waals surface area contributed by atoms with Gasteiger partial charge in [0.25, 0.3) is 0 Å². The molecule has 0 fully saturated rings. The summed E-state index contributed by atoms with van der Waals surface area (Å²) >= 11 is 5.21. The van der Waals surface area contributed by atoms with Crippen LogP contribution in [0.3, 0.4) is 0 Å². The summed E-state index contributed by atoms with van der Waals surface area (Å²) in [7, 11) is 1.92. The van der Waals surface area contributed by atoms with Crippen LogP contribution in [0.5, 0.6) is 0 Å². The lowest BCUT2D eigenvalue weighted by molar-refractivity contribution is 0.908. The Hall–Kier alpha value is -2.01. The highest BCUT2D eigenvalue weighted by atomic mass is 32.1. The van der Waals surface area contributed by atoms with Crippen LogP contribution in [0.1, 0.15) is 5.69 Å². The summed E-state index contributed by atoms with van der Waals surface area (Å²) in [5.74, 6) is 0. The molecule has 90 valence electrons. The Morgan fingerprint density at radius 2 is 2.00 bits per heavy atom. The van der Waals surface area contributed by atoms with Crippen molar-refractivity contribution in [3.63, 3.8) is 0 Å². The number of H-pyrrole nitrogens is 1. The van der Waals surface area contributed by atoms with E-state index in [2.05, 4.69) is 21.0 Å². The Morgan fingerprint density at radius 3 is 2.72 bits per heavy atom. The second kappa shape index (κ2) is 4.03. The summed E-state index contributed by atoms with van der Waals surface area (Å²) in [6.45, 7) is 2.01. The number of aromatic amines is 1. The van der Waals surface area contributed by atoms with Gasteiger partial charge in [-0.1, -0.05) is 0 Å². The van der Waals surface area contributed by atoms with Crippen LogP contribution < -0.4 is 0 Å². The van der Waals surface area contributed by atoms with E-state index in [0.717, 1.165) is 28.0 Å². The van der Waals surface area contributed by atoms with E-state index in [-0.39, 0.29) is 0 Å². The van der Waals surface area contributed by atoms with Crippen LogP contribution in [0, 0.1) is 11.7 Å². The van der Waals surface area contributed by atoms with Crippen molar-refractivity contribution in [1.82, 2.24) is 19.5 Å². The maximum absolute atomic E-state index is 5.21. The molecule has 3 aromatic heterocycles. The average Bonchev–Trinajstić information content (AvgIpc) is 2.66. The highest BCUT2D eigenvalue weighted by Crippen LogP contribution is 2.25. The van der Waals surface area contributed by atoms with Gasteiger partial charge in [-0.15, -0.1) is 0 Å². The van der Waals surface area contributed by atoms with Crippen molar-refractivity contribution in [1.29, 1.82) is 0 Å². The van der Waals surface area contributed by atoms with E-state index < -0.39 is 0 Å². The van der Waals surface area contributed by atoms with Crippen LogP contribution in [0.2, 0.25) is 0 Å². The molecule has 0 saturated heterocycles. The predicted octanol–water partition coefficient (Wildman–Crippen LogP) is 3.00. The van der Waals surface area contributed by atoms with E-state index in [1.54, 1.807) is 12.4 Å². The molecule has 0 saturated carbocycles. The maximum Gasteiger partial charge on any atom is 0.179 e. The molecule has 0 aliphatic carbocycles. The zero-order valence-corrected chi connectivity index (χ0v) is 11.0. The normalized spacial score (nSPS) is 11.0. The van der Waals surface area contributed by atoms with Crippen LogP contribution in [0.25, 0.3) is 22.3 Å². The molecule has 0 radical (unpaired) electrons. The fourth-order valence-corrected chi connectivity index (χ4v) is 2.26. The maximum atomic E-state index is 5.21. The number of aryl methyl sites for hydroxylation is 2. The SMILES string of the molecule is Cc1nc2c(cc1-c1ccncc1)[nH]c(=S)n2C. The third-order valence-electron chi connectivity index (χ3n) is 3.05. The Balaban J connectivity index is 2.32. The summed E-state index contributed by atoms with van der Waals surface area (Å²) in [6, 6.07) is 6.05. The summed E-state index contributed by atoms with van der Waals surface area (Å²) in [5.41, 5.74) is 5.04. The van der Waals surface area contributed by atoms with E-state index >= 15 is 0 Å². The second-order valence-electron chi connectivity index (χ2n) is 4.22. The summed E-state index contributed by atoms with van der Waals surface area (Å²) in [4.78, 5) is 11.8. The first-order valence-corrected chi connectivity index (χ1v) is 6.04. The van der Waals surface area contributed by atoms with Gasteiger partial charge in [0, 0.05) is 30.7 Å². The van der Waals surface area contributed by atoms with Gasteiger partial charge in [0.2, 0.25) is 0 Å². The van der Waals surface area contributed by atoms with Crippen LogP contribution in [0.4, 0.5) is 0 Å². The van der Waals surface area contributed by atoms with Crippen molar-refractivity contribution in [2.45, 2.75) is 6.92 Å². The van der Waals surface area contributed by atoms with E-state index in [4.69, 9.17) is 12.2 Å². The first-order valence-electron chi connectivity index (χ1n) is 5.63. The molecule has 0 aliphatic heterocycles. The molecule has 0 atom stereocenters. The highest BCUT2D eigenvalue weighted by Gasteiger charge is 2.08. The Morgan fingerprint density at radius 1 is 1.28 bits per heavy atom. The molecular formula is C13H12N4S. The number of nitrogens with zero attached hydrogens (tertiary/aromatic N) is 3. The van der Waals surface area contributed by atoms with Gasteiger partial charge >= 0.3 is 0 Å². The van der Waals surface area contributed by atoms with Crippen molar-refractivity contribution in [3.05, 3.63) is 41.1 Å². The molecule has 1 N–H and O–H groups in total. The van der Waals surface area contributed by atoms with E-state index in [1.807, 2.05) is 30.7 Å². The molecule has 0 amide bonds. The topological polar surface area (TPSA) is 46.5 Å². The zero-order valence-electron chi connectivity index (χ0n) is 10.1. The van der Waals surface area contributed by atoms with Crippen molar-refractivity contribution >= 4 is 23.4 Å². The number of nitrogens with one attached hydrogen (secondary N) is 1. The Bertz CT molecular complexity index is 771. The number of hydrogen-bond donors (Lipinski definition) is 1. The Labute approximate surface area is 109 Å². The smallest absolute Gasteiger partial charge is 0.179 e. The first-order chi connectivity index (χ1) is 8.66. The molecule has 5 heteroatoms. The molecule has 0 bridgehead atoms. The fraction of sp³-hybridized carbons (Fsp3) is 0.154. The molecule has 18 heavy (non-hydrogen) atoms. The zero-order chi connectivity index (χ0) is 12.7. The second-order valence-corrected chi connectivity index (χ2v) is 4.60. The van der Waals surface area contributed by atoms with Gasteiger partial charge < -0.3 is 9.55 Å². The number of aromatic nitrogens is 4. The third kappa shape index (κ3) is 1.64. The predicted molar refractivity (Wildman–Crippen MR) is 73.9 cm³/mol. The standard InChI is InChI=1S/C13H12N4S/c1-8-10(9-3-5-14-6-4-9)7-11-12(15-8)17(2)13(18)16-11/h3-7H,1-2H3,(H,16,18). The van der Waals surface area contributed by atoms with Gasteiger partial charge in [-0.25, -0.2) is 4.98 Å². The number of hydrogen-bond acceptors (Lipinski definition) is 3. The third-order valence-corrected chi connectivity index (χ3v) is 3.42. The van der Waals surface area contributed by atoms with Crippen LogP contribution in [-0.4, -0.2) is 19.5 Å². The monoisotopic (exact) mass is 256 g/mol. The van der Waals surface area contributed by atoms with Crippen LogP contribution >= 0.6 is 12.2 Å².